The normalized spacial score (nSPS) is 19.0. The number of amides is 7. The van der Waals surface area contributed by atoms with Gasteiger partial charge in [-0.25, -0.2) is 14.2 Å². The molecule has 1 saturated carbocycles. The van der Waals surface area contributed by atoms with Crippen molar-refractivity contribution in [1.82, 2.24) is 46.2 Å². The van der Waals surface area contributed by atoms with E-state index in [4.69, 9.17) is 14.5 Å². The molecule has 0 spiro atoms. The Morgan fingerprint density at radius 2 is 1.60 bits per heavy atom. The number of hydrogen-bond donors (Lipinski definition) is 7. The number of hydrogen-bond acceptors (Lipinski definition) is 14. The predicted molar refractivity (Wildman–Crippen MR) is 274 cm³/mol. The molecule has 0 bridgehead atoms. The molecule has 3 aromatic heterocycles. The van der Waals surface area contributed by atoms with Gasteiger partial charge < -0.3 is 46.5 Å². The van der Waals surface area contributed by atoms with Gasteiger partial charge in [0.15, 0.2) is 5.60 Å². The highest BCUT2D eigenvalue weighted by molar-refractivity contribution is 6.13. The van der Waals surface area contributed by atoms with Gasteiger partial charge in [-0.2, -0.15) is 0 Å². The van der Waals surface area contributed by atoms with Gasteiger partial charge in [0.1, 0.15) is 31.3 Å². The molecule has 10 rings (SSSR count). The van der Waals surface area contributed by atoms with Gasteiger partial charge in [-0.3, -0.25) is 47.7 Å². The van der Waals surface area contributed by atoms with Crippen LogP contribution in [0.2, 0.25) is 0 Å². The van der Waals surface area contributed by atoms with E-state index in [1.54, 1.807) is 50.2 Å². The average Bonchev–Trinajstić information content (AvgIpc) is 4.36. The van der Waals surface area contributed by atoms with Crippen LogP contribution in [0, 0.1) is 18.7 Å². The van der Waals surface area contributed by atoms with Crippen molar-refractivity contribution in [1.29, 1.82) is 0 Å². The number of ether oxygens (including phenoxy) is 2. The van der Waals surface area contributed by atoms with Crippen LogP contribution in [0.5, 0.6) is 0 Å². The molecule has 5 aliphatic rings. The zero-order valence-electron chi connectivity index (χ0n) is 42.5. The third-order valence-electron chi connectivity index (χ3n) is 15.2. The first-order valence-corrected chi connectivity index (χ1v) is 26.0. The van der Waals surface area contributed by atoms with Crippen LogP contribution in [0.3, 0.4) is 0 Å². The van der Waals surface area contributed by atoms with Gasteiger partial charge in [0.05, 0.1) is 58.8 Å². The zero-order chi connectivity index (χ0) is 54.3. The van der Waals surface area contributed by atoms with Crippen molar-refractivity contribution in [3.63, 3.8) is 0 Å². The van der Waals surface area contributed by atoms with E-state index < -0.39 is 84.3 Å². The summed E-state index contributed by atoms with van der Waals surface area (Å²) in [5.41, 5.74) is 2.32. The first kappa shape index (κ1) is 52.3. The first-order chi connectivity index (χ1) is 37.1. The Hall–Kier alpha value is -8.11. The number of aliphatic hydroxyl groups is 1. The fourth-order valence-electron chi connectivity index (χ4n) is 11.0. The number of fused-ring (bicyclic) bond motifs is 4. The standard InChI is InChI=1S/C55H58FN9O12/c1-3-55(75)33-21-38-48-47-46-35(16-15-31-28(2)34(56)22-36(63-48)45(31)46)62-49(50(47)65(38)53(73)32(33)26-76-54(55)74)51(30-13-14-30)77-27-60-41(68)24-59-52(72)37(20-29-10-6-4-7-11-29)61-42(69)25-58-40(67)23-57-39(66)12-8-5-9-19-64-43(70)17-18-44(64)71/h4,6-7,10-11,17-18,21-22,30,35,37,51,62,75H,3,5,8-9,12-16,19-20,23-27H2,1-2H3,(H,57,66)(H,58,67)(H,59,72)(H,60,68)(H,61,69)/t35-,37-,51+,55-/m0/s1. The second-order valence-corrected chi connectivity index (χ2v) is 20.2. The van der Waals surface area contributed by atoms with Crippen molar-refractivity contribution < 1.29 is 57.3 Å². The molecular formula is C55H58FN9O12. The molecule has 0 radical (unpaired) electrons. The zero-order valence-corrected chi connectivity index (χ0v) is 42.5. The lowest BCUT2D eigenvalue weighted by Gasteiger charge is -2.35. The smallest absolute Gasteiger partial charge is 0.343 e. The Bertz CT molecular complexity index is 3450. The van der Waals surface area contributed by atoms with Crippen LogP contribution in [-0.4, -0.2) is 112 Å². The third-order valence-corrected chi connectivity index (χ3v) is 15.2. The molecule has 4 atom stereocenters. The maximum absolute atomic E-state index is 15.5. The van der Waals surface area contributed by atoms with Gasteiger partial charge in [-0.15, -0.1) is 0 Å². The summed E-state index contributed by atoms with van der Waals surface area (Å²) in [7, 11) is 0. The Kier molecular flexibility index (Phi) is 14.6. The SMILES string of the molecule is CC[C@@]1(O)C(=O)OCc2c1cc1c3nc4cc(F)c(C)c5c4c4c3c(n1c2=O)=C([C@H](OCNC(=O)CNC(=O)[C@H](Cc1ccccc1)NC(=O)CNC(=O)CNC(=O)CCCCCN1C(=O)C=CC1=O)C1CC1)N[C@H]4CC5. The fourth-order valence-corrected chi connectivity index (χ4v) is 11.0. The van der Waals surface area contributed by atoms with Crippen molar-refractivity contribution in [3.8, 4) is 0 Å². The Morgan fingerprint density at radius 1 is 0.883 bits per heavy atom. The van der Waals surface area contributed by atoms with Crippen LogP contribution < -0.4 is 42.8 Å². The van der Waals surface area contributed by atoms with Gasteiger partial charge >= 0.3 is 5.97 Å². The lowest BCUT2D eigenvalue weighted by molar-refractivity contribution is -0.172. The molecule has 1 fully saturated rings. The number of cyclic esters (lactones) is 1. The number of unbranched alkanes of at least 4 members (excludes halogenated alkanes) is 2. The molecule has 0 saturated heterocycles. The van der Waals surface area contributed by atoms with E-state index in [0.29, 0.717) is 76.2 Å². The molecular weight excluding hydrogens is 998 g/mol. The molecule has 77 heavy (non-hydrogen) atoms. The number of aryl methyl sites for hydroxylation is 1. The maximum Gasteiger partial charge on any atom is 0.343 e. The van der Waals surface area contributed by atoms with Gasteiger partial charge in [0.2, 0.25) is 29.5 Å². The van der Waals surface area contributed by atoms with Gasteiger partial charge in [-0.1, -0.05) is 43.7 Å². The molecule has 402 valence electrons. The highest BCUT2D eigenvalue weighted by Gasteiger charge is 2.46. The number of carbonyl (C=O) groups excluding carboxylic acids is 8. The summed E-state index contributed by atoms with van der Waals surface area (Å²) in [6.45, 7) is 1.57. The summed E-state index contributed by atoms with van der Waals surface area (Å²) >= 11 is 0. The lowest BCUT2D eigenvalue weighted by atomic mass is 9.81. The summed E-state index contributed by atoms with van der Waals surface area (Å²) in [5, 5.41) is 30.2. The van der Waals surface area contributed by atoms with Crippen LogP contribution in [0.1, 0.15) is 97.7 Å². The van der Waals surface area contributed by atoms with Crippen molar-refractivity contribution in [2.75, 3.05) is 32.9 Å². The predicted octanol–water partition coefficient (Wildman–Crippen LogP) is 0.951. The van der Waals surface area contributed by atoms with E-state index >= 15 is 4.39 Å². The third kappa shape index (κ3) is 10.2. The summed E-state index contributed by atoms with van der Waals surface area (Å²) in [5.74, 6) is -5.02. The molecule has 5 aromatic rings. The number of benzene rings is 2. The number of rotatable bonds is 22. The number of halogens is 1. The van der Waals surface area contributed by atoms with E-state index in [1.807, 2.05) is 0 Å². The minimum absolute atomic E-state index is 0.0149. The summed E-state index contributed by atoms with van der Waals surface area (Å²) < 4.78 is 28.9. The number of esters is 1. The van der Waals surface area contributed by atoms with E-state index in [9.17, 15) is 48.3 Å². The molecule has 7 amide bonds. The average molecular weight is 1060 g/mol. The van der Waals surface area contributed by atoms with Crippen LogP contribution in [-0.2, 0) is 72.9 Å². The quantitative estimate of drug-likeness (QED) is 0.0220. The highest BCUT2D eigenvalue weighted by atomic mass is 19.1. The van der Waals surface area contributed by atoms with Crippen molar-refractivity contribution >= 4 is 80.3 Å². The minimum atomic E-state index is -2.08. The second-order valence-electron chi connectivity index (χ2n) is 20.2. The van der Waals surface area contributed by atoms with Crippen molar-refractivity contribution in [3.05, 3.63) is 110 Å². The molecule has 2 aliphatic carbocycles. The molecule has 21 nitrogen and oxygen atoms in total. The Labute approximate surface area is 439 Å². The largest absolute Gasteiger partial charge is 0.458 e. The number of imide groups is 1. The fraction of sp³-hybridized carbons (Fsp3) is 0.418. The second kappa shape index (κ2) is 21.5. The number of aromatic nitrogens is 2. The van der Waals surface area contributed by atoms with E-state index in [0.717, 1.165) is 34.3 Å². The van der Waals surface area contributed by atoms with Gasteiger partial charge in [0, 0.05) is 53.9 Å². The van der Waals surface area contributed by atoms with Crippen molar-refractivity contribution in [2.24, 2.45) is 5.92 Å². The van der Waals surface area contributed by atoms with Crippen LogP contribution in [0.4, 0.5) is 4.39 Å². The van der Waals surface area contributed by atoms with Crippen LogP contribution >= 0.6 is 0 Å². The molecule has 0 unspecified atom stereocenters. The molecule has 22 heteroatoms. The number of nitrogens with one attached hydrogen (secondary N) is 6. The Morgan fingerprint density at radius 3 is 2.34 bits per heavy atom. The summed E-state index contributed by atoms with van der Waals surface area (Å²) in [6, 6.07) is 10.4. The van der Waals surface area contributed by atoms with Crippen LogP contribution in [0.25, 0.3) is 33.0 Å². The topological polar surface area (TPSA) is 285 Å². The maximum atomic E-state index is 15.5. The molecule has 7 N–H and O–H groups in total. The number of carbonyl (C=O) groups is 8. The first-order valence-electron chi connectivity index (χ1n) is 26.0. The molecule has 6 heterocycles. The monoisotopic (exact) mass is 1060 g/mol. The van der Waals surface area contributed by atoms with E-state index in [2.05, 4.69) is 31.9 Å². The molecule has 2 aromatic carbocycles. The summed E-state index contributed by atoms with van der Waals surface area (Å²) in [4.78, 5) is 122. The molecule has 3 aliphatic heterocycles. The number of nitrogens with zero attached hydrogens (tertiary/aromatic N) is 3. The lowest BCUT2D eigenvalue weighted by Crippen LogP contribution is -2.52. The highest BCUT2D eigenvalue weighted by Crippen LogP contribution is 2.46. The number of pyridine rings is 2. The Balaban J connectivity index is 0.798. The van der Waals surface area contributed by atoms with Gasteiger partial charge in [0.25, 0.3) is 17.4 Å². The van der Waals surface area contributed by atoms with Crippen LogP contribution in [0.15, 0.2) is 59.4 Å². The van der Waals surface area contributed by atoms with E-state index in [1.165, 1.54) is 22.6 Å². The minimum Gasteiger partial charge on any atom is -0.458 e. The van der Waals surface area contributed by atoms with Gasteiger partial charge in [-0.05, 0) is 86.1 Å². The summed E-state index contributed by atoms with van der Waals surface area (Å²) in [6.07, 6.45) is 6.15. The van der Waals surface area contributed by atoms with Crippen molar-refractivity contribution in [2.45, 2.75) is 108 Å². The van der Waals surface area contributed by atoms with E-state index in [-0.39, 0.29) is 74.0 Å².